The van der Waals surface area contributed by atoms with Crippen LogP contribution in [0.15, 0.2) is 0 Å². The number of ether oxygens (including phenoxy) is 3. The summed E-state index contributed by atoms with van der Waals surface area (Å²) in [5.41, 5.74) is 0. The van der Waals surface area contributed by atoms with Crippen LogP contribution in [0.25, 0.3) is 0 Å². The smallest absolute Gasteiger partial charge is 0.431 e. The Morgan fingerprint density at radius 2 is 1.92 bits per heavy atom. The monoisotopic (exact) mass is 174 g/mol. The predicted molar refractivity (Wildman–Crippen MR) is 41.9 cm³/mol. The van der Waals surface area contributed by atoms with Gasteiger partial charge in [-0.2, -0.15) is 0 Å². The van der Waals surface area contributed by atoms with Gasteiger partial charge in [-0.3, -0.25) is 0 Å². The minimum atomic E-state index is -0.546. The molecule has 0 aromatic rings. The number of hydrogen-bond donors (Lipinski definition) is 0. The Bertz CT molecular complexity index is 132. The summed E-state index contributed by atoms with van der Waals surface area (Å²) in [6, 6.07) is 0. The maximum absolute atomic E-state index is 9.80. The van der Waals surface area contributed by atoms with E-state index in [1.807, 2.05) is 0 Å². The molecule has 0 aliphatic carbocycles. The molecule has 0 amide bonds. The van der Waals surface area contributed by atoms with Crippen molar-refractivity contribution in [2.75, 3.05) is 19.8 Å². The first kappa shape index (κ1) is 9.32. The van der Waals surface area contributed by atoms with E-state index in [1.54, 1.807) is 0 Å². The zero-order chi connectivity index (χ0) is 8.81. The first-order chi connectivity index (χ1) is 5.79. The molecule has 2 saturated heterocycles. The molecule has 70 valence electrons. The lowest BCUT2D eigenvalue weighted by molar-refractivity contribution is 0.125. The van der Waals surface area contributed by atoms with E-state index in [1.165, 1.54) is 12.8 Å². The summed E-state index contributed by atoms with van der Waals surface area (Å²) in [5.74, 6) is 0. The fourth-order valence-electron chi connectivity index (χ4n) is 1.03. The molecule has 0 radical (unpaired) electrons. The van der Waals surface area contributed by atoms with Gasteiger partial charge in [-0.25, -0.2) is 4.79 Å². The maximum atomic E-state index is 9.80. The second-order valence-corrected chi connectivity index (χ2v) is 2.77. The lowest BCUT2D eigenvalue weighted by atomic mass is 10.3. The third kappa shape index (κ3) is 3.57. The van der Waals surface area contributed by atoms with Gasteiger partial charge in [-0.1, -0.05) is 0 Å². The zero-order valence-corrected chi connectivity index (χ0v) is 7.25. The summed E-state index contributed by atoms with van der Waals surface area (Å²) in [5, 5.41) is 0. The van der Waals surface area contributed by atoms with Gasteiger partial charge < -0.3 is 14.2 Å². The van der Waals surface area contributed by atoms with Crippen molar-refractivity contribution in [1.82, 2.24) is 0 Å². The first-order valence-corrected chi connectivity index (χ1v) is 4.20. The van der Waals surface area contributed by atoms with Gasteiger partial charge >= 0.3 is 6.16 Å². The Kier molecular flexibility index (Phi) is 3.87. The average molecular weight is 174 g/mol. The molecule has 0 N–H and O–H groups in total. The molecular formula is C8H14O4. The SMILES string of the molecule is CC1CCCO1.O=C1OCCO1. The number of rotatable bonds is 0. The molecule has 1 unspecified atom stereocenters. The van der Waals surface area contributed by atoms with Gasteiger partial charge in [-0.05, 0) is 19.8 Å². The van der Waals surface area contributed by atoms with E-state index in [9.17, 15) is 4.79 Å². The molecule has 4 nitrogen and oxygen atoms in total. The average Bonchev–Trinajstić information content (AvgIpc) is 2.63. The van der Waals surface area contributed by atoms with Crippen LogP contribution in [-0.4, -0.2) is 32.1 Å². The predicted octanol–water partition coefficient (Wildman–Crippen LogP) is 1.34. The molecule has 12 heavy (non-hydrogen) atoms. The topological polar surface area (TPSA) is 44.8 Å². The number of carbonyl (C=O) groups is 1. The third-order valence-corrected chi connectivity index (χ3v) is 1.68. The van der Waals surface area contributed by atoms with Crippen LogP contribution < -0.4 is 0 Å². The minimum absolute atomic E-state index is 0.416. The van der Waals surface area contributed by atoms with Gasteiger partial charge in [0, 0.05) is 6.61 Å². The summed E-state index contributed by atoms with van der Waals surface area (Å²) in [6.45, 7) is 3.94. The van der Waals surface area contributed by atoms with Crippen molar-refractivity contribution in [1.29, 1.82) is 0 Å². The number of hydrogen-bond acceptors (Lipinski definition) is 4. The summed E-state index contributed by atoms with van der Waals surface area (Å²) >= 11 is 0. The number of carbonyl (C=O) groups excluding carboxylic acids is 1. The normalized spacial score (nSPS) is 27.1. The quantitative estimate of drug-likeness (QED) is 0.520. The van der Waals surface area contributed by atoms with Crippen molar-refractivity contribution < 1.29 is 19.0 Å². The van der Waals surface area contributed by atoms with E-state index in [-0.39, 0.29) is 0 Å². The van der Waals surface area contributed by atoms with Crippen LogP contribution in [0, 0.1) is 0 Å². The van der Waals surface area contributed by atoms with Gasteiger partial charge in [0.05, 0.1) is 6.10 Å². The van der Waals surface area contributed by atoms with E-state index in [0.717, 1.165) is 6.61 Å². The summed E-state index contributed by atoms with van der Waals surface area (Å²) < 4.78 is 13.7. The molecule has 2 fully saturated rings. The largest absolute Gasteiger partial charge is 0.508 e. The Hall–Kier alpha value is -0.770. The fourth-order valence-corrected chi connectivity index (χ4v) is 1.03. The van der Waals surface area contributed by atoms with Crippen LogP contribution in [0.4, 0.5) is 4.79 Å². The molecule has 2 rings (SSSR count). The first-order valence-electron chi connectivity index (χ1n) is 4.20. The van der Waals surface area contributed by atoms with E-state index in [2.05, 4.69) is 16.4 Å². The van der Waals surface area contributed by atoms with Crippen LogP contribution in [0.1, 0.15) is 19.8 Å². The van der Waals surface area contributed by atoms with Crippen LogP contribution in [-0.2, 0) is 14.2 Å². The Morgan fingerprint density at radius 3 is 2.08 bits per heavy atom. The fraction of sp³-hybridized carbons (Fsp3) is 0.875. The standard InChI is InChI=1S/C5H10O.C3H4O3/c1-5-3-2-4-6-5;4-3-5-1-2-6-3/h5H,2-4H2,1H3;1-2H2. The molecule has 0 saturated carbocycles. The minimum Gasteiger partial charge on any atom is -0.431 e. The molecule has 1 atom stereocenters. The van der Waals surface area contributed by atoms with Crippen molar-refractivity contribution in [3.8, 4) is 0 Å². The summed E-state index contributed by atoms with van der Waals surface area (Å²) in [7, 11) is 0. The van der Waals surface area contributed by atoms with Gasteiger partial charge in [0.1, 0.15) is 13.2 Å². The van der Waals surface area contributed by atoms with Gasteiger partial charge in [0.2, 0.25) is 0 Å². The van der Waals surface area contributed by atoms with Crippen molar-refractivity contribution in [2.45, 2.75) is 25.9 Å². The molecule has 0 bridgehead atoms. The lowest BCUT2D eigenvalue weighted by Gasteiger charge is -1.94. The van der Waals surface area contributed by atoms with E-state index >= 15 is 0 Å². The van der Waals surface area contributed by atoms with Crippen LogP contribution >= 0.6 is 0 Å². The Balaban J connectivity index is 0.000000120. The third-order valence-electron chi connectivity index (χ3n) is 1.68. The van der Waals surface area contributed by atoms with Crippen LogP contribution in [0.5, 0.6) is 0 Å². The number of cyclic esters (lactones) is 2. The van der Waals surface area contributed by atoms with Crippen molar-refractivity contribution >= 4 is 6.16 Å². The summed E-state index contributed by atoms with van der Waals surface area (Å²) in [4.78, 5) is 9.80. The molecule has 0 spiro atoms. The second kappa shape index (κ2) is 4.98. The van der Waals surface area contributed by atoms with Crippen LogP contribution in [0.3, 0.4) is 0 Å². The summed E-state index contributed by atoms with van der Waals surface area (Å²) in [6.07, 6.45) is 2.53. The molecule has 2 aliphatic heterocycles. The van der Waals surface area contributed by atoms with Crippen LogP contribution in [0.2, 0.25) is 0 Å². The van der Waals surface area contributed by atoms with Gasteiger partial charge in [0.25, 0.3) is 0 Å². The molecule has 0 aromatic heterocycles. The van der Waals surface area contributed by atoms with Crippen molar-refractivity contribution in [2.24, 2.45) is 0 Å². The van der Waals surface area contributed by atoms with E-state index in [4.69, 9.17) is 4.74 Å². The molecular weight excluding hydrogens is 160 g/mol. The maximum Gasteiger partial charge on any atom is 0.508 e. The Morgan fingerprint density at radius 1 is 1.25 bits per heavy atom. The van der Waals surface area contributed by atoms with E-state index < -0.39 is 6.16 Å². The highest BCUT2D eigenvalue weighted by Gasteiger charge is 2.09. The molecule has 4 heteroatoms. The molecule has 0 aromatic carbocycles. The highest BCUT2D eigenvalue weighted by molar-refractivity contribution is 5.61. The van der Waals surface area contributed by atoms with Crippen molar-refractivity contribution in [3.63, 3.8) is 0 Å². The Labute approximate surface area is 71.8 Å². The molecule has 2 heterocycles. The lowest BCUT2D eigenvalue weighted by Crippen LogP contribution is -1.94. The van der Waals surface area contributed by atoms with Crippen molar-refractivity contribution in [3.05, 3.63) is 0 Å². The highest BCUT2D eigenvalue weighted by Crippen LogP contribution is 2.09. The second-order valence-electron chi connectivity index (χ2n) is 2.77. The van der Waals surface area contributed by atoms with Gasteiger partial charge in [-0.15, -0.1) is 0 Å². The zero-order valence-electron chi connectivity index (χ0n) is 7.25. The highest BCUT2D eigenvalue weighted by atomic mass is 16.8. The van der Waals surface area contributed by atoms with E-state index in [0.29, 0.717) is 19.3 Å². The molecule has 2 aliphatic rings. The van der Waals surface area contributed by atoms with Gasteiger partial charge in [0.15, 0.2) is 0 Å².